The number of aliphatic hydroxyl groups excluding tert-OH is 3. The molecule has 0 spiro atoms. The first-order valence-electron chi connectivity index (χ1n) is 20.3. The van der Waals surface area contributed by atoms with Crippen LogP contribution in [0.4, 0.5) is 0 Å². The van der Waals surface area contributed by atoms with E-state index in [9.17, 15) is 20.1 Å². The second kappa shape index (κ2) is 37.4. The van der Waals surface area contributed by atoms with Crippen LogP contribution in [0.25, 0.3) is 0 Å². The Balaban J connectivity index is 3.75. The smallest absolute Gasteiger partial charge is 0.220 e. The van der Waals surface area contributed by atoms with E-state index in [0.717, 1.165) is 51.4 Å². The van der Waals surface area contributed by atoms with Crippen molar-refractivity contribution in [1.82, 2.24) is 5.32 Å². The molecule has 0 rings (SSSR count). The summed E-state index contributed by atoms with van der Waals surface area (Å²) in [6.07, 6.45) is 45.3. The van der Waals surface area contributed by atoms with Gasteiger partial charge in [0.25, 0.3) is 0 Å². The molecule has 0 radical (unpaired) electrons. The lowest BCUT2D eigenvalue weighted by Gasteiger charge is -2.26. The average molecular weight is 662 g/mol. The first-order valence-corrected chi connectivity index (χ1v) is 20.3. The van der Waals surface area contributed by atoms with E-state index in [4.69, 9.17) is 0 Å². The van der Waals surface area contributed by atoms with Crippen LogP contribution < -0.4 is 5.32 Å². The van der Waals surface area contributed by atoms with Crippen molar-refractivity contribution in [1.29, 1.82) is 0 Å². The van der Waals surface area contributed by atoms with Crippen molar-refractivity contribution in [2.75, 3.05) is 6.61 Å². The minimum atomic E-state index is -1.17. The molecular weight excluding hydrogens is 582 g/mol. The lowest BCUT2D eigenvalue weighted by Crippen LogP contribution is -2.50. The standard InChI is InChI=1S/C42H79NO4/c1-3-5-7-9-11-13-15-17-18-19-20-21-22-23-25-26-28-30-32-34-36-40(45)42(47)39(38-44)43-41(46)37-35-33-31-29-27-24-16-14-12-10-8-6-4-2/h22-24,27-28,30,39-40,42,44-45,47H,3-21,25-26,29,31-38H2,1-2H3,(H,43,46)/b23-22+,27-24-,30-28+. The van der Waals surface area contributed by atoms with Gasteiger partial charge in [-0.05, 0) is 77.0 Å². The van der Waals surface area contributed by atoms with E-state index in [2.05, 4.69) is 55.6 Å². The summed E-state index contributed by atoms with van der Waals surface area (Å²) in [6, 6.07) is -0.838. The van der Waals surface area contributed by atoms with Crippen LogP contribution in [0.15, 0.2) is 36.5 Å². The third-order valence-electron chi connectivity index (χ3n) is 9.19. The second-order valence-corrected chi connectivity index (χ2v) is 13.8. The Morgan fingerprint density at radius 1 is 0.511 bits per heavy atom. The number of hydrogen-bond donors (Lipinski definition) is 4. The fourth-order valence-corrected chi connectivity index (χ4v) is 5.99. The molecule has 0 fully saturated rings. The Morgan fingerprint density at radius 2 is 0.872 bits per heavy atom. The topological polar surface area (TPSA) is 89.8 Å². The van der Waals surface area contributed by atoms with E-state index in [1.54, 1.807) is 0 Å². The van der Waals surface area contributed by atoms with Gasteiger partial charge in [-0.15, -0.1) is 0 Å². The van der Waals surface area contributed by atoms with Crippen molar-refractivity contribution in [2.24, 2.45) is 0 Å². The molecule has 0 aromatic rings. The van der Waals surface area contributed by atoms with Crippen LogP contribution in [-0.2, 0) is 4.79 Å². The van der Waals surface area contributed by atoms with Gasteiger partial charge in [0.1, 0.15) is 6.10 Å². The Kier molecular flexibility index (Phi) is 36.3. The Morgan fingerprint density at radius 3 is 1.30 bits per heavy atom. The van der Waals surface area contributed by atoms with Gasteiger partial charge >= 0.3 is 0 Å². The predicted molar refractivity (Wildman–Crippen MR) is 204 cm³/mol. The van der Waals surface area contributed by atoms with Gasteiger partial charge in [0.05, 0.1) is 18.8 Å². The van der Waals surface area contributed by atoms with E-state index in [-0.39, 0.29) is 12.5 Å². The number of carbonyl (C=O) groups is 1. The number of rotatable bonds is 36. The maximum atomic E-state index is 12.3. The summed E-state index contributed by atoms with van der Waals surface area (Å²) in [5.41, 5.74) is 0. The summed E-state index contributed by atoms with van der Waals surface area (Å²) >= 11 is 0. The highest BCUT2D eigenvalue weighted by Crippen LogP contribution is 2.14. The number of nitrogens with one attached hydrogen (secondary N) is 1. The maximum Gasteiger partial charge on any atom is 0.220 e. The number of hydrogen-bond acceptors (Lipinski definition) is 4. The van der Waals surface area contributed by atoms with E-state index in [1.165, 1.54) is 122 Å². The van der Waals surface area contributed by atoms with Crippen molar-refractivity contribution in [3.8, 4) is 0 Å². The largest absolute Gasteiger partial charge is 0.394 e. The summed E-state index contributed by atoms with van der Waals surface area (Å²) in [6.45, 7) is 4.14. The van der Waals surface area contributed by atoms with Crippen LogP contribution >= 0.6 is 0 Å². The number of amides is 1. The zero-order valence-corrected chi connectivity index (χ0v) is 31.2. The number of aliphatic hydroxyl groups is 3. The van der Waals surface area contributed by atoms with E-state index < -0.39 is 18.2 Å². The molecule has 1 amide bonds. The van der Waals surface area contributed by atoms with E-state index in [1.807, 2.05) is 0 Å². The summed E-state index contributed by atoms with van der Waals surface area (Å²) in [7, 11) is 0. The zero-order chi connectivity index (χ0) is 34.5. The zero-order valence-electron chi connectivity index (χ0n) is 31.2. The van der Waals surface area contributed by atoms with Gasteiger partial charge in [-0.1, -0.05) is 153 Å². The van der Waals surface area contributed by atoms with Crippen molar-refractivity contribution in [3.63, 3.8) is 0 Å². The minimum absolute atomic E-state index is 0.176. The Labute approximate surface area is 292 Å². The fourth-order valence-electron chi connectivity index (χ4n) is 5.99. The second-order valence-electron chi connectivity index (χ2n) is 13.8. The highest BCUT2D eigenvalue weighted by molar-refractivity contribution is 5.76. The van der Waals surface area contributed by atoms with Crippen LogP contribution in [0.3, 0.4) is 0 Å². The maximum absolute atomic E-state index is 12.3. The number of allylic oxidation sites excluding steroid dienone is 6. The summed E-state index contributed by atoms with van der Waals surface area (Å²) in [5.74, 6) is -0.176. The minimum Gasteiger partial charge on any atom is -0.394 e. The highest BCUT2D eigenvalue weighted by atomic mass is 16.3. The summed E-state index contributed by atoms with van der Waals surface area (Å²) < 4.78 is 0. The first-order chi connectivity index (χ1) is 23.1. The van der Waals surface area contributed by atoms with E-state index in [0.29, 0.717) is 12.8 Å². The normalized spacial score (nSPS) is 14.1. The van der Waals surface area contributed by atoms with Gasteiger partial charge in [-0.3, -0.25) is 4.79 Å². The molecule has 4 N–H and O–H groups in total. The monoisotopic (exact) mass is 662 g/mol. The van der Waals surface area contributed by atoms with Gasteiger partial charge in [0.2, 0.25) is 5.91 Å². The van der Waals surface area contributed by atoms with Crippen LogP contribution in [0, 0.1) is 0 Å². The predicted octanol–water partition coefficient (Wildman–Crippen LogP) is 11.2. The van der Waals surface area contributed by atoms with Crippen LogP contribution in [0.2, 0.25) is 0 Å². The molecule has 3 unspecified atom stereocenters. The quantitative estimate of drug-likeness (QED) is 0.0397. The molecule has 0 aromatic heterocycles. The first kappa shape index (κ1) is 45.6. The molecule has 0 aliphatic heterocycles. The van der Waals surface area contributed by atoms with Gasteiger partial charge in [-0.25, -0.2) is 0 Å². The highest BCUT2D eigenvalue weighted by Gasteiger charge is 2.26. The molecule has 0 heterocycles. The van der Waals surface area contributed by atoms with Gasteiger partial charge in [0.15, 0.2) is 0 Å². The average Bonchev–Trinajstić information content (AvgIpc) is 3.07. The Bertz CT molecular complexity index is 734. The van der Waals surface area contributed by atoms with Gasteiger partial charge < -0.3 is 20.6 Å². The molecule has 5 heteroatoms. The van der Waals surface area contributed by atoms with Crippen molar-refractivity contribution in [3.05, 3.63) is 36.5 Å². The molecule has 3 atom stereocenters. The molecule has 0 saturated carbocycles. The molecule has 0 bridgehead atoms. The molecule has 0 aliphatic rings. The van der Waals surface area contributed by atoms with E-state index >= 15 is 0 Å². The van der Waals surface area contributed by atoms with Crippen LogP contribution in [-0.4, -0.2) is 46.1 Å². The van der Waals surface area contributed by atoms with Gasteiger partial charge in [-0.2, -0.15) is 0 Å². The molecule has 0 aliphatic carbocycles. The number of unbranched alkanes of at least 4 members (excludes halogenated alkanes) is 22. The molecule has 5 nitrogen and oxygen atoms in total. The molecular formula is C42H79NO4. The number of carbonyl (C=O) groups excluding carboxylic acids is 1. The van der Waals surface area contributed by atoms with Crippen molar-refractivity contribution < 1.29 is 20.1 Å². The molecule has 0 saturated heterocycles. The summed E-state index contributed by atoms with van der Waals surface area (Å²) in [4.78, 5) is 12.3. The lowest BCUT2D eigenvalue weighted by molar-refractivity contribution is -0.124. The molecule has 276 valence electrons. The molecule has 0 aromatic carbocycles. The Hall–Kier alpha value is -1.43. The van der Waals surface area contributed by atoms with Crippen molar-refractivity contribution >= 4 is 5.91 Å². The van der Waals surface area contributed by atoms with Crippen molar-refractivity contribution in [2.45, 2.75) is 218 Å². The third-order valence-corrected chi connectivity index (χ3v) is 9.19. The fraction of sp³-hybridized carbons (Fsp3) is 0.833. The molecule has 47 heavy (non-hydrogen) atoms. The summed E-state index contributed by atoms with van der Waals surface area (Å²) in [5, 5.41) is 33.4. The van der Waals surface area contributed by atoms with Crippen LogP contribution in [0.5, 0.6) is 0 Å². The SMILES string of the molecule is CCCCCCCC/C=C\CCCCCC(=O)NC(CO)C(O)C(O)CCC/C=C/CC/C=C/CCCCCCCCCCCCC. The van der Waals surface area contributed by atoms with Gasteiger partial charge in [0, 0.05) is 6.42 Å². The van der Waals surface area contributed by atoms with Crippen LogP contribution in [0.1, 0.15) is 200 Å². The third kappa shape index (κ3) is 32.9. The lowest BCUT2D eigenvalue weighted by atomic mass is 10.0.